The van der Waals surface area contributed by atoms with Gasteiger partial charge in [-0.15, -0.1) is 5.10 Å². The molecule has 7 nitrogen and oxygen atoms in total. The summed E-state index contributed by atoms with van der Waals surface area (Å²) in [6.07, 6.45) is 10.4. The quantitative estimate of drug-likeness (QED) is 0.777. The Morgan fingerprint density at radius 2 is 1.73 bits per heavy atom. The van der Waals surface area contributed by atoms with Crippen molar-refractivity contribution in [2.24, 2.45) is 0 Å². The van der Waals surface area contributed by atoms with Crippen molar-refractivity contribution in [2.45, 2.75) is 83.1 Å². The second-order valence-electron chi connectivity index (χ2n) is 7.92. The monoisotopic (exact) mass is 354 g/mol. The molecule has 0 amide bonds. The number of imidazole rings is 1. The molecule has 3 aromatic heterocycles. The van der Waals surface area contributed by atoms with Crippen molar-refractivity contribution < 1.29 is 0 Å². The van der Waals surface area contributed by atoms with E-state index in [4.69, 9.17) is 15.1 Å². The van der Waals surface area contributed by atoms with Gasteiger partial charge >= 0.3 is 0 Å². The lowest BCUT2D eigenvalue weighted by Crippen LogP contribution is -2.23. The van der Waals surface area contributed by atoms with E-state index < -0.39 is 0 Å². The Balaban J connectivity index is 1.74. The Bertz CT molecular complexity index is 1000. The number of rotatable bonds is 4. The molecular weight excluding hydrogens is 328 g/mol. The first kappa shape index (κ1) is 16.0. The fourth-order valence-corrected chi connectivity index (χ4v) is 4.72. The highest BCUT2D eigenvalue weighted by molar-refractivity contribution is 5.72. The van der Waals surface area contributed by atoms with E-state index in [9.17, 15) is 4.79 Å². The Kier molecular flexibility index (Phi) is 3.83. The minimum absolute atomic E-state index is 0.0172. The smallest absolute Gasteiger partial charge is 0.281 e. The average molecular weight is 354 g/mol. The molecule has 2 aliphatic rings. The van der Waals surface area contributed by atoms with Crippen LogP contribution in [0.15, 0.2) is 4.79 Å². The third-order valence-electron chi connectivity index (χ3n) is 6.12. The number of hydrogen-bond donors (Lipinski definition) is 1. The molecule has 2 aliphatic carbocycles. The van der Waals surface area contributed by atoms with Crippen molar-refractivity contribution in [3.8, 4) is 0 Å². The van der Waals surface area contributed by atoms with Crippen molar-refractivity contribution >= 4 is 16.9 Å². The van der Waals surface area contributed by atoms with Crippen molar-refractivity contribution in [2.75, 3.05) is 0 Å². The molecule has 138 valence electrons. The Hall–Kier alpha value is -2.18. The highest BCUT2D eigenvalue weighted by Crippen LogP contribution is 2.34. The Morgan fingerprint density at radius 3 is 2.42 bits per heavy atom. The van der Waals surface area contributed by atoms with Gasteiger partial charge in [-0.25, -0.2) is 4.98 Å². The van der Waals surface area contributed by atoms with Crippen molar-refractivity contribution in [1.29, 1.82) is 0 Å². The van der Waals surface area contributed by atoms with Gasteiger partial charge in [0.25, 0.3) is 5.56 Å². The lowest BCUT2D eigenvalue weighted by atomic mass is 10.1. The zero-order valence-electron chi connectivity index (χ0n) is 15.4. The largest absolute Gasteiger partial charge is 0.336 e. The van der Waals surface area contributed by atoms with E-state index >= 15 is 0 Å². The molecule has 0 radical (unpaired) electrons. The third-order valence-corrected chi connectivity index (χ3v) is 6.12. The summed E-state index contributed by atoms with van der Waals surface area (Å²) < 4.78 is 3.58. The molecule has 3 aromatic rings. The molecule has 1 N–H and O–H groups in total. The number of aromatic amines is 1. The summed E-state index contributed by atoms with van der Waals surface area (Å²) in [5.74, 6) is 3.33. The molecule has 2 fully saturated rings. The number of aromatic nitrogens is 6. The maximum Gasteiger partial charge on any atom is 0.281 e. The predicted molar refractivity (Wildman–Crippen MR) is 99.6 cm³/mol. The van der Waals surface area contributed by atoms with Crippen LogP contribution in [0.1, 0.15) is 88.2 Å². The van der Waals surface area contributed by atoms with E-state index in [0.717, 1.165) is 43.8 Å². The lowest BCUT2D eigenvalue weighted by molar-refractivity contribution is 0.659. The second-order valence-corrected chi connectivity index (χ2v) is 7.92. The van der Waals surface area contributed by atoms with Gasteiger partial charge in [0.15, 0.2) is 17.0 Å². The van der Waals surface area contributed by atoms with Gasteiger partial charge in [-0.2, -0.15) is 9.50 Å². The van der Waals surface area contributed by atoms with Crippen LogP contribution in [-0.2, 0) is 6.54 Å². The minimum Gasteiger partial charge on any atom is -0.336 e. The third kappa shape index (κ3) is 2.40. The molecule has 0 aromatic carbocycles. The summed E-state index contributed by atoms with van der Waals surface area (Å²) in [5, 5.41) is 4.81. The molecule has 5 rings (SSSR count). The highest BCUT2D eigenvalue weighted by Gasteiger charge is 2.26. The van der Waals surface area contributed by atoms with Crippen LogP contribution in [0.5, 0.6) is 0 Å². The first-order valence-corrected chi connectivity index (χ1v) is 10.2. The van der Waals surface area contributed by atoms with E-state index in [2.05, 4.69) is 11.9 Å². The average Bonchev–Trinajstić information content (AvgIpc) is 3.42. The standard InChI is InChI=1S/C19H26N6O/c1-2-11-24-18(26)14-17(21-15(20-14)12-7-3-4-8-12)25-19(24)22-16(23-25)13-9-5-6-10-13/h12-13H,2-11H2,1H3,(H,20,21). The van der Waals surface area contributed by atoms with Gasteiger partial charge < -0.3 is 4.98 Å². The lowest BCUT2D eigenvalue weighted by Gasteiger charge is -2.04. The van der Waals surface area contributed by atoms with E-state index in [1.807, 2.05) is 4.52 Å². The van der Waals surface area contributed by atoms with Crippen molar-refractivity contribution in [3.63, 3.8) is 0 Å². The number of nitrogens with zero attached hydrogens (tertiary/aromatic N) is 5. The molecule has 0 atom stereocenters. The summed E-state index contributed by atoms with van der Waals surface area (Å²) in [5.41, 5.74) is 1.21. The van der Waals surface area contributed by atoms with Crippen molar-refractivity contribution in [3.05, 3.63) is 22.0 Å². The Labute approximate surface area is 151 Å². The number of fused-ring (bicyclic) bond motifs is 3. The van der Waals surface area contributed by atoms with Gasteiger partial charge in [-0.05, 0) is 32.1 Å². The van der Waals surface area contributed by atoms with Crippen LogP contribution < -0.4 is 5.56 Å². The summed E-state index contributed by atoms with van der Waals surface area (Å²) in [7, 11) is 0. The van der Waals surface area contributed by atoms with E-state index in [1.54, 1.807) is 4.57 Å². The van der Waals surface area contributed by atoms with Gasteiger partial charge in [0.1, 0.15) is 5.82 Å². The predicted octanol–water partition coefficient (Wildman–Crippen LogP) is 3.49. The van der Waals surface area contributed by atoms with Crippen LogP contribution in [0.3, 0.4) is 0 Å². The topological polar surface area (TPSA) is 80.9 Å². The molecule has 0 saturated heterocycles. The molecule has 0 aliphatic heterocycles. The fraction of sp³-hybridized carbons (Fsp3) is 0.684. The highest BCUT2D eigenvalue weighted by atomic mass is 16.1. The SMILES string of the molecule is CCCn1c(=O)c2[nH]c(C3CCCC3)nc2n2nc(C3CCCC3)nc12. The van der Waals surface area contributed by atoms with Crippen LogP contribution in [-0.4, -0.2) is 29.1 Å². The summed E-state index contributed by atoms with van der Waals surface area (Å²) >= 11 is 0. The first-order chi connectivity index (χ1) is 12.8. The Morgan fingerprint density at radius 1 is 1.04 bits per heavy atom. The maximum atomic E-state index is 13.1. The van der Waals surface area contributed by atoms with Crippen LogP contribution >= 0.6 is 0 Å². The van der Waals surface area contributed by atoms with Gasteiger partial charge in [0, 0.05) is 18.4 Å². The second kappa shape index (κ2) is 6.21. The number of nitrogens with one attached hydrogen (secondary N) is 1. The first-order valence-electron chi connectivity index (χ1n) is 10.2. The molecule has 0 bridgehead atoms. The molecule has 0 unspecified atom stereocenters. The van der Waals surface area contributed by atoms with Gasteiger partial charge in [0.05, 0.1) is 0 Å². The van der Waals surface area contributed by atoms with Crippen LogP contribution in [0, 0.1) is 0 Å². The number of hydrogen-bond acceptors (Lipinski definition) is 4. The molecular formula is C19H26N6O. The van der Waals surface area contributed by atoms with Crippen LogP contribution in [0.4, 0.5) is 0 Å². The maximum absolute atomic E-state index is 13.1. The molecule has 3 heterocycles. The number of aryl methyl sites for hydroxylation is 1. The van der Waals surface area contributed by atoms with E-state index in [1.165, 1.54) is 25.7 Å². The summed E-state index contributed by atoms with van der Waals surface area (Å²) in [6.45, 7) is 2.73. The van der Waals surface area contributed by atoms with Crippen LogP contribution in [0.2, 0.25) is 0 Å². The summed E-state index contributed by atoms with van der Waals surface area (Å²) in [6, 6.07) is 0. The fourth-order valence-electron chi connectivity index (χ4n) is 4.72. The molecule has 7 heteroatoms. The van der Waals surface area contributed by atoms with E-state index in [-0.39, 0.29) is 5.56 Å². The van der Waals surface area contributed by atoms with Gasteiger partial charge in [-0.3, -0.25) is 9.36 Å². The van der Waals surface area contributed by atoms with Crippen LogP contribution in [0.25, 0.3) is 16.9 Å². The van der Waals surface area contributed by atoms with Crippen molar-refractivity contribution in [1.82, 2.24) is 29.1 Å². The normalized spacial score (nSPS) is 19.4. The zero-order valence-corrected chi connectivity index (χ0v) is 15.4. The van der Waals surface area contributed by atoms with E-state index in [0.29, 0.717) is 35.3 Å². The molecule has 2 saturated carbocycles. The van der Waals surface area contributed by atoms with Gasteiger partial charge in [0.2, 0.25) is 5.78 Å². The molecule has 0 spiro atoms. The minimum atomic E-state index is -0.0172. The summed E-state index contributed by atoms with van der Waals surface area (Å²) in [4.78, 5) is 26.1. The van der Waals surface area contributed by atoms with Gasteiger partial charge in [-0.1, -0.05) is 32.6 Å². The molecule has 26 heavy (non-hydrogen) atoms. The number of H-pyrrole nitrogens is 1. The zero-order chi connectivity index (χ0) is 17.7.